The highest BCUT2D eigenvalue weighted by atomic mass is 32.1. The predicted octanol–water partition coefficient (Wildman–Crippen LogP) is 5.00. The van der Waals surface area contributed by atoms with Crippen molar-refractivity contribution in [2.24, 2.45) is 0 Å². The normalized spacial score (nSPS) is 11.9. The van der Waals surface area contributed by atoms with Gasteiger partial charge in [0.1, 0.15) is 0 Å². The summed E-state index contributed by atoms with van der Waals surface area (Å²) in [6, 6.07) is 7.77. The highest BCUT2D eigenvalue weighted by molar-refractivity contribution is 7.14. The van der Waals surface area contributed by atoms with Crippen molar-refractivity contribution >= 4 is 39.6 Å². The molecule has 0 aliphatic heterocycles. The number of carbonyl (C=O) groups is 2. The standard InChI is InChI=1S/C21H23N3O2S2/c1-12-8-13(2)20(14(3)9-12)17-11-28-21(23-17)24-19(26)10-16(22-15(4)25)18-6-5-7-27-18/h5-9,11,16H,10H2,1-4H3,(H,22,25)(H,23,24,26)/t16-/m1/s1. The fourth-order valence-corrected chi connectivity index (χ4v) is 4.84. The van der Waals surface area contributed by atoms with Gasteiger partial charge in [0.15, 0.2) is 5.13 Å². The fraction of sp³-hybridized carbons (Fsp3) is 0.286. The molecule has 0 fully saturated rings. The Kier molecular flexibility index (Phi) is 6.26. The Labute approximate surface area is 172 Å². The van der Waals surface area contributed by atoms with Gasteiger partial charge >= 0.3 is 0 Å². The molecular weight excluding hydrogens is 390 g/mol. The van der Waals surface area contributed by atoms with Crippen LogP contribution in [0.4, 0.5) is 5.13 Å². The molecule has 3 aromatic rings. The lowest BCUT2D eigenvalue weighted by Gasteiger charge is -2.15. The molecule has 0 unspecified atom stereocenters. The second kappa shape index (κ2) is 8.67. The summed E-state index contributed by atoms with van der Waals surface area (Å²) in [6.45, 7) is 7.69. The van der Waals surface area contributed by atoms with Crippen molar-refractivity contribution < 1.29 is 9.59 Å². The van der Waals surface area contributed by atoms with Crippen LogP contribution in [0.15, 0.2) is 35.0 Å². The number of nitrogens with one attached hydrogen (secondary N) is 2. The van der Waals surface area contributed by atoms with Crippen LogP contribution in [0.1, 0.15) is 41.0 Å². The number of aryl methyl sites for hydroxylation is 3. The molecule has 0 aliphatic carbocycles. The monoisotopic (exact) mass is 413 g/mol. The Morgan fingerprint density at radius 3 is 2.46 bits per heavy atom. The van der Waals surface area contributed by atoms with Crippen LogP contribution in [0.25, 0.3) is 11.3 Å². The molecule has 2 aromatic heterocycles. The zero-order chi connectivity index (χ0) is 20.3. The van der Waals surface area contributed by atoms with E-state index in [0.717, 1.165) is 16.1 Å². The SMILES string of the molecule is CC(=O)N[C@H](CC(=O)Nc1nc(-c2c(C)cc(C)cc2C)cs1)c1cccs1. The van der Waals surface area contributed by atoms with Crippen LogP contribution in [-0.2, 0) is 9.59 Å². The zero-order valence-corrected chi connectivity index (χ0v) is 18.0. The number of thiophene rings is 1. The molecule has 3 rings (SSSR count). The Morgan fingerprint density at radius 2 is 1.86 bits per heavy atom. The van der Waals surface area contributed by atoms with E-state index in [1.807, 2.05) is 22.9 Å². The van der Waals surface area contributed by atoms with Gasteiger partial charge in [-0.1, -0.05) is 23.8 Å². The van der Waals surface area contributed by atoms with Crippen molar-refractivity contribution in [2.45, 2.75) is 40.2 Å². The van der Waals surface area contributed by atoms with E-state index in [-0.39, 0.29) is 24.3 Å². The van der Waals surface area contributed by atoms with E-state index in [0.29, 0.717) is 5.13 Å². The molecule has 0 radical (unpaired) electrons. The molecule has 5 nitrogen and oxygen atoms in total. The summed E-state index contributed by atoms with van der Waals surface area (Å²) in [5.74, 6) is -0.335. The van der Waals surface area contributed by atoms with Gasteiger partial charge in [-0.3, -0.25) is 9.59 Å². The molecule has 7 heteroatoms. The van der Waals surface area contributed by atoms with Gasteiger partial charge < -0.3 is 10.6 Å². The number of anilines is 1. The molecule has 2 N–H and O–H groups in total. The van der Waals surface area contributed by atoms with Crippen LogP contribution in [0, 0.1) is 20.8 Å². The summed E-state index contributed by atoms with van der Waals surface area (Å²) >= 11 is 2.92. The second-order valence-electron chi connectivity index (χ2n) is 6.83. The molecule has 0 saturated heterocycles. The van der Waals surface area contributed by atoms with E-state index < -0.39 is 0 Å². The summed E-state index contributed by atoms with van der Waals surface area (Å²) in [4.78, 5) is 29.6. The minimum Gasteiger partial charge on any atom is -0.348 e. The molecule has 2 amide bonds. The van der Waals surface area contributed by atoms with Gasteiger partial charge in [-0.2, -0.15) is 0 Å². The zero-order valence-electron chi connectivity index (χ0n) is 16.3. The van der Waals surface area contributed by atoms with E-state index in [1.54, 1.807) is 0 Å². The fourth-order valence-electron chi connectivity index (χ4n) is 3.34. The maximum atomic E-state index is 12.5. The Morgan fingerprint density at radius 1 is 1.14 bits per heavy atom. The lowest BCUT2D eigenvalue weighted by atomic mass is 9.98. The van der Waals surface area contributed by atoms with Crippen LogP contribution in [0.2, 0.25) is 0 Å². The molecule has 146 valence electrons. The van der Waals surface area contributed by atoms with E-state index in [4.69, 9.17) is 0 Å². The molecule has 0 aliphatic rings. The van der Waals surface area contributed by atoms with Crippen LogP contribution in [-0.4, -0.2) is 16.8 Å². The molecule has 2 heterocycles. The Bertz CT molecular complexity index is 970. The van der Waals surface area contributed by atoms with E-state index in [1.165, 1.54) is 46.3 Å². The van der Waals surface area contributed by atoms with Gasteiger partial charge in [-0.25, -0.2) is 4.98 Å². The summed E-state index contributed by atoms with van der Waals surface area (Å²) < 4.78 is 0. The first-order valence-electron chi connectivity index (χ1n) is 8.97. The smallest absolute Gasteiger partial charge is 0.228 e. The second-order valence-corrected chi connectivity index (χ2v) is 8.67. The molecule has 0 saturated carbocycles. The number of amides is 2. The number of benzene rings is 1. The summed E-state index contributed by atoms with van der Waals surface area (Å²) in [5, 5.41) is 10.2. The van der Waals surface area contributed by atoms with Crippen LogP contribution >= 0.6 is 22.7 Å². The molecule has 1 aromatic carbocycles. The van der Waals surface area contributed by atoms with Crippen LogP contribution < -0.4 is 10.6 Å². The average molecular weight is 414 g/mol. The third-order valence-electron chi connectivity index (χ3n) is 4.34. The van der Waals surface area contributed by atoms with Crippen LogP contribution in [0.3, 0.4) is 0 Å². The van der Waals surface area contributed by atoms with Gasteiger partial charge in [0.25, 0.3) is 0 Å². The number of hydrogen-bond donors (Lipinski definition) is 2. The van der Waals surface area contributed by atoms with Gasteiger partial charge in [-0.05, 0) is 43.3 Å². The predicted molar refractivity (Wildman–Crippen MR) is 116 cm³/mol. The van der Waals surface area contributed by atoms with E-state index in [2.05, 4.69) is 48.5 Å². The first-order valence-corrected chi connectivity index (χ1v) is 10.7. The Balaban J connectivity index is 1.72. The van der Waals surface area contributed by atoms with Crippen molar-refractivity contribution in [2.75, 3.05) is 5.32 Å². The molecule has 1 atom stereocenters. The third-order valence-corrected chi connectivity index (χ3v) is 6.08. The van der Waals surface area contributed by atoms with Crippen molar-refractivity contribution in [3.8, 4) is 11.3 Å². The molecule has 28 heavy (non-hydrogen) atoms. The minimum absolute atomic E-state index is 0.159. The number of rotatable bonds is 6. The molecule has 0 bridgehead atoms. The number of aromatic nitrogens is 1. The highest BCUT2D eigenvalue weighted by Crippen LogP contribution is 2.31. The number of nitrogens with zero attached hydrogens (tertiary/aromatic N) is 1. The van der Waals surface area contributed by atoms with Gasteiger partial charge in [0, 0.05) is 22.7 Å². The van der Waals surface area contributed by atoms with Crippen molar-refractivity contribution in [3.63, 3.8) is 0 Å². The Hall–Kier alpha value is -2.51. The van der Waals surface area contributed by atoms with Crippen molar-refractivity contribution in [1.82, 2.24) is 10.3 Å². The van der Waals surface area contributed by atoms with Crippen molar-refractivity contribution in [1.29, 1.82) is 0 Å². The van der Waals surface area contributed by atoms with Crippen molar-refractivity contribution in [3.05, 3.63) is 56.6 Å². The first-order chi connectivity index (χ1) is 13.3. The largest absolute Gasteiger partial charge is 0.348 e. The lowest BCUT2D eigenvalue weighted by Crippen LogP contribution is -2.29. The van der Waals surface area contributed by atoms with Crippen LogP contribution in [0.5, 0.6) is 0 Å². The van der Waals surface area contributed by atoms with Gasteiger partial charge in [0.05, 0.1) is 18.2 Å². The maximum Gasteiger partial charge on any atom is 0.228 e. The van der Waals surface area contributed by atoms with E-state index >= 15 is 0 Å². The summed E-state index contributed by atoms with van der Waals surface area (Å²) in [6.07, 6.45) is 0.164. The maximum absolute atomic E-state index is 12.5. The van der Waals surface area contributed by atoms with Gasteiger partial charge in [0.2, 0.25) is 11.8 Å². The van der Waals surface area contributed by atoms with E-state index in [9.17, 15) is 9.59 Å². The lowest BCUT2D eigenvalue weighted by molar-refractivity contribution is -0.120. The highest BCUT2D eigenvalue weighted by Gasteiger charge is 2.19. The topological polar surface area (TPSA) is 71.1 Å². The van der Waals surface area contributed by atoms with Gasteiger partial charge in [-0.15, -0.1) is 22.7 Å². The summed E-state index contributed by atoms with van der Waals surface area (Å²) in [7, 11) is 0. The summed E-state index contributed by atoms with van der Waals surface area (Å²) in [5.41, 5.74) is 5.54. The quantitative estimate of drug-likeness (QED) is 0.597. The third kappa shape index (κ3) is 4.85. The average Bonchev–Trinajstić information content (AvgIpc) is 3.25. The first kappa shape index (κ1) is 20.2. The molecular formula is C21H23N3O2S2. The number of hydrogen-bond acceptors (Lipinski definition) is 5. The number of thiazole rings is 1. The minimum atomic E-state index is -0.335. The molecule has 0 spiro atoms. The number of carbonyl (C=O) groups excluding carboxylic acids is 2.